The van der Waals surface area contributed by atoms with Crippen LogP contribution in [0.4, 0.5) is 5.82 Å². The molecular formula is C18H22N6O. The standard InChI is InChI=1S/C18H22N6O/c1-2-25-12-14-7-13(8-20-14)22-17-11-19-9-15(23-17)16-10-21-18-5-3-4-6-24(16)18/h3-6,9-11,13-14,20H,2,7-8,12H2,1H3,(H,22,23). The molecule has 3 aromatic heterocycles. The molecule has 1 saturated heterocycles. The minimum atomic E-state index is 0.331. The Hall–Kier alpha value is -2.51. The molecule has 0 aromatic carbocycles. The van der Waals surface area contributed by atoms with Gasteiger partial charge < -0.3 is 15.4 Å². The van der Waals surface area contributed by atoms with Crippen LogP contribution in [0.5, 0.6) is 0 Å². The fourth-order valence-corrected chi connectivity index (χ4v) is 3.21. The van der Waals surface area contributed by atoms with Gasteiger partial charge in [0.2, 0.25) is 0 Å². The van der Waals surface area contributed by atoms with Crippen LogP contribution >= 0.6 is 0 Å². The second-order valence-electron chi connectivity index (χ2n) is 6.20. The summed E-state index contributed by atoms with van der Waals surface area (Å²) in [5.74, 6) is 0.784. The largest absolute Gasteiger partial charge is 0.380 e. The van der Waals surface area contributed by atoms with E-state index in [1.54, 1.807) is 12.4 Å². The SMILES string of the molecule is CCOCC1CC(Nc2cncc(-c3cnc4ccccn34)n2)CN1. The summed E-state index contributed by atoms with van der Waals surface area (Å²) in [6.07, 6.45) is 8.37. The predicted molar refractivity (Wildman–Crippen MR) is 96.5 cm³/mol. The van der Waals surface area contributed by atoms with Gasteiger partial charge in [0, 0.05) is 31.4 Å². The molecule has 3 aromatic rings. The lowest BCUT2D eigenvalue weighted by Gasteiger charge is -2.13. The number of imidazole rings is 1. The number of fused-ring (bicyclic) bond motifs is 1. The smallest absolute Gasteiger partial charge is 0.145 e. The number of aromatic nitrogens is 4. The normalized spacial score (nSPS) is 20.2. The van der Waals surface area contributed by atoms with E-state index in [9.17, 15) is 0 Å². The molecule has 0 saturated carbocycles. The van der Waals surface area contributed by atoms with Crippen molar-refractivity contribution in [1.29, 1.82) is 0 Å². The number of pyridine rings is 1. The summed E-state index contributed by atoms with van der Waals surface area (Å²) in [4.78, 5) is 13.5. The molecule has 7 nitrogen and oxygen atoms in total. The Kier molecular flexibility index (Phi) is 4.58. The third-order valence-corrected chi connectivity index (χ3v) is 4.41. The maximum absolute atomic E-state index is 5.50. The minimum Gasteiger partial charge on any atom is -0.380 e. The van der Waals surface area contributed by atoms with Crippen molar-refractivity contribution in [2.45, 2.75) is 25.4 Å². The van der Waals surface area contributed by atoms with E-state index < -0.39 is 0 Å². The molecular weight excluding hydrogens is 316 g/mol. The molecule has 0 bridgehead atoms. The first-order valence-electron chi connectivity index (χ1n) is 8.65. The highest BCUT2D eigenvalue weighted by atomic mass is 16.5. The number of nitrogens with zero attached hydrogens (tertiary/aromatic N) is 4. The molecule has 1 aliphatic rings. The van der Waals surface area contributed by atoms with Crippen LogP contribution in [-0.2, 0) is 4.74 Å². The van der Waals surface area contributed by atoms with Crippen LogP contribution in [0.25, 0.3) is 17.0 Å². The first-order valence-corrected chi connectivity index (χ1v) is 8.65. The monoisotopic (exact) mass is 338 g/mol. The van der Waals surface area contributed by atoms with Gasteiger partial charge >= 0.3 is 0 Å². The Morgan fingerprint density at radius 1 is 1.32 bits per heavy atom. The zero-order chi connectivity index (χ0) is 17.1. The van der Waals surface area contributed by atoms with Gasteiger partial charge in [-0.2, -0.15) is 0 Å². The van der Waals surface area contributed by atoms with Gasteiger partial charge in [-0.25, -0.2) is 9.97 Å². The molecule has 0 amide bonds. The van der Waals surface area contributed by atoms with E-state index >= 15 is 0 Å². The molecule has 0 radical (unpaired) electrons. The van der Waals surface area contributed by atoms with Crippen molar-refractivity contribution >= 4 is 11.5 Å². The van der Waals surface area contributed by atoms with Crippen molar-refractivity contribution in [3.63, 3.8) is 0 Å². The van der Waals surface area contributed by atoms with E-state index in [0.717, 1.165) is 49.0 Å². The van der Waals surface area contributed by atoms with Gasteiger partial charge in [-0.05, 0) is 25.5 Å². The summed E-state index contributed by atoms with van der Waals surface area (Å²) < 4.78 is 7.51. The van der Waals surface area contributed by atoms with Crippen LogP contribution in [0.2, 0.25) is 0 Å². The van der Waals surface area contributed by atoms with Gasteiger partial charge in [0.05, 0.1) is 30.9 Å². The molecule has 130 valence electrons. The first kappa shape index (κ1) is 16.0. The topological polar surface area (TPSA) is 76.4 Å². The van der Waals surface area contributed by atoms with Gasteiger partial charge in [-0.15, -0.1) is 0 Å². The maximum Gasteiger partial charge on any atom is 0.145 e. The molecule has 0 aliphatic carbocycles. The zero-order valence-corrected chi connectivity index (χ0v) is 14.2. The van der Waals surface area contributed by atoms with Gasteiger partial charge in [0.1, 0.15) is 17.2 Å². The van der Waals surface area contributed by atoms with E-state index in [4.69, 9.17) is 9.72 Å². The molecule has 1 fully saturated rings. The molecule has 2 unspecified atom stereocenters. The Bertz CT molecular complexity index is 848. The van der Waals surface area contributed by atoms with Crippen LogP contribution in [0.1, 0.15) is 13.3 Å². The quantitative estimate of drug-likeness (QED) is 0.716. The average Bonchev–Trinajstić information content (AvgIpc) is 3.27. The predicted octanol–water partition coefficient (Wildman–Crippen LogP) is 1.97. The second kappa shape index (κ2) is 7.16. The van der Waals surface area contributed by atoms with Crippen molar-refractivity contribution in [2.75, 3.05) is 25.1 Å². The van der Waals surface area contributed by atoms with Crippen LogP contribution in [0.15, 0.2) is 43.0 Å². The van der Waals surface area contributed by atoms with Crippen LogP contribution in [0, 0.1) is 0 Å². The van der Waals surface area contributed by atoms with Crippen LogP contribution < -0.4 is 10.6 Å². The van der Waals surface area contributed by atoms with Crippen LogP contribution in [0.3, 0.4) is 0 Å². The van der Waals surface area contributed by atoms with Gasteiger partial charge in [0.25, 0.3) is 0 Å². The molecule has 2 atom stereocenters. The van der Waals surface area contributed by atoms with Crippen LogP contribution in [-0.4, -0.2) is 51.2 Å². The summed E-state index contributed by atoms with van der Waals surface area (Å²) in [6.45, 7) is 4.43. The van der Waals surface area contributed by atoms with E-state index in [1.807, 2.05) is 41.9 Å². The van der Waals surface area contributed by atoms with Gasteiger partial charge in [-0.3, -0.25) is 9.38 Å². The zero-order valence-electron chi connectivity index (χ0n) is 14.2. The van der Waals surface area contributed by atoms with Crippen molar-refractivity contribution in [3.8, 4) is 11.4 Å². The minimum absolute atomic E-state index is 0.331. The Morgan fingerprint density at radius 2 is 2.28 bits per heavy atom. The van der Waals surface area contributed by atoms with Crippen molar-refractivity contribution in [1.82, 2.24) is 24.7 Å². The number of nitrogens with one attached hydrogen (secondary N) is 2. The average molecular weight is 338 g/mol. The summed E-state index contributed by atoms with van der Waals surface area (Å²) >= 11 is 0. The van der Waals surface area contributed by atoms with Crippen molar-refractivity contribution in [2.24, 2.45) is 0 Å². The second-order valence-corrected chi connectivity index (χ2v) is 6.20. The summed E-state index contributed by atoms with van der Waals surface area (Å²) in [7, 11) is 0. The van der Waals surface area contributed by atoms with E-state index in [2.05, 4.69) is 20.6 Å². The van der Waals surface area contributed by atoms with Gasteiger partial charge in [-0.1, -0.05) is 6.07 Å². The highest BCUT2D eigenvalue weighted by Crippen LogP contribution is 2.20. The summed E-state index contributed by atoms with van der Waals surface area (Å²) in [5.41, 5.74) is 2.64. The number of anilines is 1. The molecule has 4 rings (SSSR count). The Morgan fingerprint density at radius 3 is 3.20 bits per heavy atom. The number of ether oxygens (including phenoxy) is 1. The maximum atomic E-state index is 5.50. The van der Waals surface area contributed by atoms with Gasteiger partial charge in [0.15, 0.2) is 0 Å². The lowest BCUT2D eigenvalue weighted by atomic mass is 10.2. The Labute approximate surface area is 146 Å². The third-order valence-electron chi connectivity index (χ3n) is 4.41. The number of hydrogen-bond acceptors (Lipinski definition) is 6. The van der Waals surface area contributed by atoms with E-state index in [1.165, 1.54) is 0 Å². The lowest BCUT2D eigenvalue weighted by Crippen LogP contribution is -2.26. The molecule has 25 heavy (non-hydrogen) atoms. The fraction of sp³-hybridized carbons (Fsp3) is 0.389. The molecule has 0 spiro atoms. The third kappa shape index (κ3) is 3.47. The van der Waals surface area contributed by atoms with Crippen molar-refractivity contribution < 1.29 is 4.74 Å². The fourth-order valence-electron chi connectivity index (χ4n) is 3.21. The highest BCUT2D eigenvalue weighted by molar-refractivity contribution is 5.60. The summed E-state index contributed by atoms with van der Waals surface area (Å²) in [6, 6.07) is 6.66. The molecule has 2 N–H and O–H groups in total. The molecule has 7 heteroatoms. The number of rotatable bonds is 6. The number of hydrogen-bond donors (Lipinski definition) is 2. The molecule has 4 heterocycles. The first-order chi connectivity index (χ1) is 12.3. The lowest BCUT2D eigenvalue weighted by molar-refractivity contribution is 0.128. The Balaban J connectivity index is 1.49. The van der Waals surface area contributed by atoms with E-state index in [-0.39, 0.29) is 0 Å². The van der Waals surface area contributed by atoms with Crippen molar-refractivity contribution in [3.05, 3.63) is 43.0 Å². The summed E-state index contributed by atoms with van der Waals surface area (Å²) in [5, 5.41) is 6.95. The van der Waals surface area contributed by atoms with E-state index in [0.29, 0.717) is 12.1 Å². The highest BCUT2D eigenvalue weighted by Gasteiger charge is 2.24. The molecule has 1 aliphatic heterocycles.